The average molecular weight is 381 g/mol. The number of allylic oxidation sites excluding steroid dienone is 1. The van der Waals surface area contributed by atoms with E-state index in [1.165, 1.54) is 32.1 Å². The standard InChI is InChI=1S/C23H40O4/c1-2-3-4-5-6-9-12-20(24)17-15-19-16-18-22(25)21(19)13-10-7-8-11-14-23(26)27/h15,17,19-21,24H,2-14,16,18H2,1H3,(H,26,27). The van der Waals surface area contributed by atoms with Crippen molar-refractivity contribution in [2.45, 2.75) is 109 Å². The first-order valence-corrected chi connectivity index (χ1v) is 11.2. The normalized spacial score (nSPS) is 21.2. The molecule has 0 bridgehead atoms. The Hall–Kier alpha value is -1.16. The third-order valence-electron chi connectivity index (χ3n) is 5.74. The van der Waals surface area contributed by atoms with Gasteiger partial charge in [-0.25, -0.2) is 0 Å². The van der Waals surface area contributed by atoms with Gasteiger partial charge in [0.1, 0.15) is 5.78 Å². The first-order valence-electron chi connectivity index (χ1n) is 11.2. The lowest BCUT2D eigenvalue weighted by Gasteiger charge is -2.15. The molecule has 3 atom stereocenters. The van der Waals surface area contributed by atoms with E-state index in [0.717, 1.165) is 51.4 Å². The zero-order chi connectivity index (χ0) is 19.9. The Bertz CT molecular complexity index is 444. The summed E-state index contributed by atoms with van der Waals surface area (Å²) in [4.78, 5) is 22.7. The van der Waals surface area contributed by atoms with E-state index in [-0.39, 0.29) is 24.4 Å². The van der Waals surface area contributed by atoms with Crippen molar-refractivity contribution in [2.75, 3.05) is 0 Å². The molecule has 1 fully saturated rings. The molecule has 0 amide bonds. The van der Waals surface area contributed by atoms with Crippen LogP contribution in [0, 0.1) is 11.8 Å². The van der Waals surface area contributed by atoms with Crippen molar-refractivity contribution >= 4 is 11.8 Å². The van der Waals surface area contributed by atoms with Gasteiger partial charge in [0.2, 0.25) is 0 Å². The zero-order valence-corrected chi connectivity index (χ0v) is 17.2. The van der Waals surface area contributed by atoms with E-state index in [9.17, 15) is 14.7 Å². The summed E-state index contributed by atoms with van der Waals surface area (Å²) in [7, 11) is 0. The van der Waals surface area contributed by atoms with E-state index in [1.807, 2.05) is 6.08 Å². The number of rotatable bonds is 16. The number of hydrogen-bond acceptors (Lipinski definition) is 3. The Morgan fingerprint density at radius 2 is 1.74 bits per heavy atom. The van der Waals surface area contributed by atoms with Gasteiger partial charge in [0.05, 0.1) is 6.10 Å². The van der Waals surface area contributed by atoms with Gasteiger partial charge in [-0.2, -0.15) is 0 Å². The number of carbonyl (C=O) groups is 2. The molecule has 1 aliphatic rings. The second-order valence-corrected chi connectivity index (χ2v) is 8.13. The van der Waals surface area contributed by atoms with Gasteiger partial charge in [0.25, 0.3) is 0 Å². The molecule has 1 aliphatic carbocycles. The topological polar surface area (TPSA) is 74.6 Å². The predicted molar refractivity (Wildman–Crippen MR) is 110 cm³/mol. The summed E-state index contributed by atoms with van der Waals surface area (Å²) in [5, 5.41) is 18.8. The molecule has 2 N–H and O–H groups in total. The van der Waals surface area contributed by atoms with Crippen molar-refractivity contribution < 1.29 is 19.8 Å². The number of ketones is 1. The summed E-state index contributed by atoms with van der Waals surface area (Å²) in [5.74, 6) is 0.00369. The number of aliphatic hydroxyl groups is 1. The maximum absolute atomic E-state index is 12.2. The summed E-state index contributed by atoms with van der Waals surface area (Å²) in [6.07, 6.45) is 18.1. The quantitative estimate of drug-likeness (QED) is 0.267. The number of carboxylic acid groups (broad SMARTS) is 1. The second-order valence-electron chi connectivity index (χ2n) is 8.13. The molecule has 0 aromatic rings. The molecule has 0 aliphatic heterocycles. The minimum absolute atomic E-state index is 0.0990. The molecule has 156 valence electrons. The molecule has 0 aromatic carbocycles. The Kier molecular flexibility index (Phi) is 13.1. The van der Waals surface area contributed by atoms with Crippen molar-refractivity contribution in [1.29, 1.82) is 0 Å². The van der Waals surface area contributed by atoms with Gasteiger partial charge in [0.15, 0.2) is 0 Å². The fourth-order valence-corrected chi connectivity index (χ4v) is 4.03. The maximum atomic E-state index is 12.2. The van der Waals surface area contributed by atoms with E-state index in [2.05, 4.69) is 13.0 Å². The Morgan fingerprint density at radius 3 is 2.48 bits per heavy atom. The summed E-state index contributed by atoms with van der Waals surface area (Å²) in [6, 6.07) is 0. The van der Waals surface area contributed by atoms with Crippen LogP contribution in [-0.2, 0) is 9.59 Å². The third kappa shape index (κ3) is 11.3. The van der Waals surface area contributed by atoms with Crippen molar-refractivity contribution in [2.24, 2.45) is 11.8 Å². The van der Waals surface area contributed by atoms with Crippen LogP contribution in [0.3, 0.4) is 0 Å². The molecular formula is C23H40O4. The van der Waals surface area contributed by atoms with Gasteiger partial charge >= 0.3 is 5.97 Å². The monoisotopic (exact) mass is 380 g/mol. The van der Waals surface area contributed by atoms with Gasteiger partial charge in [-0.3, -0.25) is 9.59 Å². The highest BCUT2D eigenvalue weighted by molar-refractivity contribution is 5.83. The molecule has 0 radical (unpaired) electrons. The van der Waals surface area contributed by atoms with Gasteiger partial charge in [-0.1, -0.05) is 76.9 Å². The van der Waals surface area contributed by atoms with Gasteiger partial charge in [-0.15, -0.1) is 0 Å². The number of hydrogen-bond donors (Lipinski definition) is 2. The predicted octanol–water partition coefficient (Wildman–Crippen LogP) is 5.67. The molecular weight excluding hydrogens is 340 g/mol. The number of Topliss-reactive ketones (excluding diaryl/α,β-unsaturated/α-hetero) is 1. The van der Waals surface area contributed by atoms with Crippen molar-refractivity contribution in [3.8, 4) is 0 Å². The van der Waals surface area contributed by atoms with E-state index >= 15 is 0 Å². The molecule has 0 aromatic heterocycles. The lowest BCUT2D eigenvalue weighted by Crippen LogP contribution is -2.14. The smallest absolute Gasteiger partial charge is 0.303 e. The van der Waals surface area contributed by atoms with Crippen LogP contribution in [0.2, 0.25) is 0 Å². The van der Waals surface area contributed by atoms with Gasteiger partial charge in [-0.05, 0) is 31.6 Å². The van der Waals surface area contributed by atoms with Crippen LogP contribution in [0.15, 0.2) is 12.2 Å². The first-order chi connectivity index (χ1) is 13.0. The highest BCUT2D eigenvalue weighted by Crippen LogP contribution is 2.34. The second kappa shape index (κ2) is 14.8. The Morgan fingerprint density at radius 1 is 1.07 bits per heavy atom. The summed E-state index contributed by atoms with van der Waals surface area (Å²) >= 11 is 0. The zero-order valence-electron chi connectivity index (χ0n) is 17.2. The lowest BCUT2D eigenvalue weighted by atomic mass is 9.89. The van der Waals surface area contributed by atoms with Crippen molar-refractivity contribution in [3.05, 3.63) is 12.2 Å². The number of carboxylic acids is 1. The average Bonchev–Trinajstić information content (AvgIpc) is 2.99. The summed E-state index contributed by atoms with van der Waals surface area (Å²) in [6.45, 7) is 2.22. The number of unbranched alkanes of at least 4 members (excludes halogenated alkanes) is 8. The molecule has 4 nitrogen and oxygen atoms in total. The van der Waals surface area contributed by atoms with Crippen LogP contribution >= 0.6 is 0 Å². The van der Waals surface area contributed by atoms with E-state index in [1.54, 1.807) is 0 Å². The van der Waals surface area contributed by atoms with Crippen molar-refractivity contribution in [1.82, 2.24) is 0 Å². The molecule has 0 heterocycles. The van der Waals surface area contributed by atoms with Crippen LogP contribution in [0.5, 0.6) is 0 Å². The highest BCUT2D eigenvalue weighted by atomic mass is 16.4. The SMILES string of the molecule is CCCCCCCCC(O)C=CC1CCC(=O)C1CCCCCCC(=O)O. The molecule has 4 heteroatoms. The minimum atomic E-state index is -0.731. The fraction of sp³-hybridized carbons (Fsp3) is 0.826. The van der Waals surface area contributed by atoms with Crippen LogP contribution < -0.4 is 0 Å². The molecule has 0 saturated heterocycles. The van der Waals surface area contributed by atoms with Crippen LogP contribution in [0.25, 0.3) is 0 Å². The summed E-state index contributed by atoms with van der Waals surface area (Å²) in [5.41, 5.74) is 0. The van der Waals surface area contributed by atoms with Gasteiger partial charge in [0, 0.05) is 18.8 Å². The molecule has 1 saturated carbocycles. The van der Waals surface area contributed by atoms with Crippen LogP contribution in [0.1, 0.15) is 103 Å². The first kappa shape index (κ1) is 23.9. The van der Waals surface area contributed by atoms with Crippen molar-refractivity contribution in [3.63, 3.8) is 0 Å². The van der Waals surface area contributed by atoms with Crippen LogP contribution in [-0.4, -0.2) is 28.1 Å². The maximum Gasteiger partial charge on any atom is 0.303 e. The van der Waals surface area contributed by atoms with Crippen LogP contribution in [0.4, 0.5) is 0 Å². The molecule has 0 spiro atoms. The number of carbonyl (C=O) groups excluding carboxylic acids is 1. The number of aliphatic carboxylic acids is 1. The highest BCUT2D eigenvalue weighted by Gasteiger charge is 2.32. The molecule has 3 unspecified atom stereocenters. The Labute approximate surface area is 165 Å². The van der Waals surface area contributed by atoms with E-state index < -0.39 is 5.97 Å². The van der Waals surface area contributed by atoms with E-state index in [4.69, 9.17) is 5.11 Å². The third-order valence-corrected chi connectivity index (χ3v) is 5.74. The molecule has 1 rings (SSSR count). The number of aliphatic hydroxyl groups excluding tert-OH is 1. The largest absolute Gasteiger partial charge is 0.481 e. The van der Waals surface area contributed by atoms with Gasteiger partial charge < -0.3 is 10.2 Å². The minimum Gasteiger partial charge on any atom is -0.481 e. The molecule has 27 heavy (non-hydrogen) atoms. The Balaban J connectivity index is 2.22. The fourth-order valence-electron chi connectivity index (χ4n) is 4.03. The summed E-state index contributed by atoms with van der Waals surface area (Å²) < 4.78 is 0. The van der Waals surface area contributed by atoms with E-state index in [0.29, 0.717) is 12.2 Å². The lowest BCUT2D eigenvalue weighted by molar-refractivity contribution is -0.137.